The first-order valence-electron chi connectivity index (χ1n) is 7.71. The van der Waals surface area contributed by atoms with Crippen molar-refractivity contribution in [2.45, 2.75) is 13.0 Å². The van der Waals surface area contributed by atoms with Crippen molar-refractivity contribution < 1.29 is 4.39 Å². The minimum absolute atomic E-state index is 0.00658. The SMILES string of the molecule is C[C@@H](Nc1nc(NN)nc(Nc2ccc(F)cc2)n1)c1ccccc1. The molecule has 0 spiro atoms. The van der Waals surface area contributed by atoms with Crippen molar-refractivity contribution in [3.05, 3.63) is 66.0 Å². The molecule has 3 aromatic rings. The van der Waals surface area contributed by atoms with Gasteiger partial charge < -0.3 is 10.6 Å². The number of hydrogen-bond acceptors (Lipinski definition) is 7. The molecule has 5 N–H and O–H groups in total. The van der Waals surface area contributed by atoms with Crippen LogP contribution in [-0.2, 0) is 0 Å². The first-order valence-corrected chi connectivity index (χ1v) is 7.71. The molecule has 0 aliphatic carbocycles. The summed E-state index contributed by atoms with van der Waals surface area (Å²) in [6.07, 6.45) is 0. The van der Waals surface area contributed by atoms with E-state index >= 15 is 0 Å². The van der Waals surface area contributed by atoms with Crippen LogP contribution in [0, 0.1) is 5.82 Å². The molecule has 1 heterocycles. The lowest BCUT2D eigenvalue weighted by molar-refractivity contribution is 0.628. The highest BCUT2D eigenvalue weighted by atomic mass is 19.1. The summed E-state index contributed by atoms with van der Waals surface area (Å²) >= 11 is 0. The van der Waals surface area contributed by atoms with E-state index in [2.05, 4.69) is 31.0 Å². The lowest BCUT2D eigenvalue weighted by Crippen LogP contribution is -2.16. The number of nitrogens with two attached hydrogens (primary N) is 1. The Morgan fingerprint density at radius 3 is 2.20 bits per heavy atom. The van der Waals surface area contributed by atoms with E-state index in [-0.39, 0.29) is 23.8 Å². The number of rotatable bonds is 6. The number of halogens is 1. The Hall–Kier alpha value is -3.26. The average molecular weight is 339 g/mol. The van der Waals surface area contributed by atoms with Gasteiger partial charge in [0.05, 0.1) is 6.04 Å². The van der Waals surface area contributed by atoms with Gasteiger partial charge in [-0.15, -0.1) is 0 Å². The molecule has 0 saturated heterocycles. The number of nitrogens with one attached hydrogen (secondary N) is 3. The first-order chi connectivity index (χ1) is 12.1. The summed E-state index contributed by atoms with van der Waals surface area (Å²) in [5.74, 6) is 5.98. The van der Waals surface area contributed by atoms with Gasteiger partial charge in [0.1, 0.15) is 5.82 Å². The third-order valence-electron chi connectivity index (χ3n) is 3.51. The van der Waals surface area contributed by atoms with Crippen molar-refractivity contribution in [1.29, 1.82) is 0 Å². The third kappa shape index (κ3) is 4.39. The van der Waals surface area contributed by atoms with Crippen LogP contribution in [0.25, 0.3) is 0 Å². The molecule has 2 aromatic carbocycles. The number of benzene rings is 2. The predicted molar refractivity (Wildman–Crippen MR) is 95.8 cm³/mol. The van der Waals surface area contributed by atoms with Gasteiger partial charge in [-0.05, 0) is 36.8 Å². The molecule has 25 heavy (non-hydrogen) atoms. The van der Waals surface area contributed by atoms with E-state index in [0.29, 0.717) is 11.6 Å². The van der Waals surface area contributed by atoms with Crippen LogP contribution in [0.5, 0.6) is 0 Å². The van der Waals surface area contributed by atoms with Crippen LogP contribution in [0.3, 0.4) is 0 Å². The van der Waals surface area contributed by atoms with E-state index in [0.717, 1.165) is 5.56 Å². The van der Waals surface area contributed by atoms with Crippen LogP contribution in [0.15, 0.2) is 54.6 Å². The maximum absolute atomic E-state index is 13.0. The fraction of sp³-hybridized carbons (Fsp3) is 0.118. The fourth-order valence-corrected chi connectivity index (χ4v) is 2.24. The average Bonchev–Trinajstić information content (AvgIpc) is 2.64. The second kappa shape index (κ2) is 7.54. The van der Waals surface area contributed by atoms with Crippen molar-refractivity contribution in [3.63, 3.8) is 0 Å². The molecule has 0 aliphatic rings. The van der Waals surface area contributed by atoms with Crippen molar-refractivity contribution in [1.82, 2.24) is 15.0 Å². The van der Waals surface area contributed by atoms with Crippen molar-refractivity contribution >= 4 is 23.5 Å². The Morgan fingerprint density at radius 2 is 1.52 bits per heavy atom. The molecule has 3 rings (SSSR count). The Morgan fingerprint density at radius 1 is 0.880 bits per heavy atom. The second-order valence-electron chi connectivity index (χ2n) is 5.36. The van der Waals surface area contributed by atoms with Gasteiger partial charge in [-0.3, -0.25) is 5.43 Å². The van der Waals surface area contributed by atoms with Gasteiger partial charge in [0.25, 0.3) is 0 Å². The smallest absolute Gasteiger partial charge is 0.243 e. The number of hydrogen-bond donors (Lipinski definition) is 4. The highest BCUT2D eigenvalue weighted by molar-refractivity contribution is 5.55. The van der Waals surface area contributed by atoms with Crippen LogP contribution in [-0.4, -0.2) is 15.0 Å². The number of nitrogen functional groups attached to an aromatic ring is 1. The van der Waals surface area contributed by atoms with E-state index in [1.54, 1.807) is 12.1 Å². The lowest BCUT2D eigenvalue weighted by atomic mass is 10.1. The lowest BCUT2D eigenvalue weighted by Gasteiger charge is -2.15. The summed E-state index contributed by atoms with van der Waals surface area (Å²) in [6.45, 7) is 2.00. The molecule has 1 atom stereocenters. The van der Waals surface area contributed by atoms with E-state index in [1.807, 2.05) is 37.3 Å². The van der Waals surface area contributed by atoms with Gasteiger partial charge in [0, 0.05) is 5.69 Å². The zero-order valence-electron chi connectivity index (χ0n) is 13.6. The van der Waals surface area contributed by atoms with Crippen molar-refractivity contribution in [3.8, 4) is 0 Å². The van der Waals surface area contributed by atoms with E-state index in [4.69, 9.17) is 5.84 Å². The molecular weight excluding hydrogens is 321 g/mol. The van der Waals surface area contributed by atoms with Gasteiger partial charge >= 0.3 is 0 Å². The topological polar surface area (TPSA) is 101 Å². The number of aromatic nitrogens is 3. The van der Waals surface area contributed by atoms with Crippen LogP contribution >= 0.6 is 0 Å². The molecule has 0 saturated carbocycles. The molecule has 0 amide bonds. The summed E-state index contributed by atoms with van der Waals surface area (Å²) in [5.41, 5.74) is 4.16. The number of nitrogens with zero attached hydrogens (tertiary/aromatic N) is 3. The quantitative estimate of drug-likeness (QED) is 0.404. The third-order valence-corrected chi connectivity index (χ3v) is 3.51. The number of hydrazine groups is 1. The maximum atomic E-state index is 13.0. The molecule has 0 bridgehead atoms. The molecule has 8 heteroatoms. The fourth-order valence-electron chi connectivity index (χ4n) is 2.24. The van der Waals surface area contributed by atoms with Crippen molar-refractivity contribution in [2.75, 3.05) is 16.1 Å². The van der Waals surface area contributed by atoms with E-state index in [9.17, 15) is 4.39 Å². The van der Waals surface area contributed by atoms with Crippen LogP contribution in [0.2, 0.25) is 0 Å². The summed E-state index contributed by atoms with van der Waals surface area (Å²) in [5, 5.41) is 6.21. The Balaban J connectivity index is 1.81. The summed E-state index contributed by atoms with van der Waals surface area (Å²) in [4.78, 5) is 12.7. The van der Waals surface area contributed by atoms with Gasteiger partial charge in [-0.1, -0.05) is 30.3 Å². The Bertz CT molecular complexity index is 824. The minimum Gasteiger partial charge on any atom is -0.348 e. The normalized spacial score (nSPS) is 11.6. The first kappa shape index (κ1) is 16.6. The van der Waals surface area contributed by atoms with Crippen LogP contribution in [0.1, 0.15) is 18.5 Å². The Labute approximate surface area is 144 Å². The van der Waals surface area contributed by atoms with Crippen molar-refractivity contribution in [2.24, 2.45) is 5.84 Å². The molecular formula is C17H18FN7. The molecule has 0 unspecified atom stereocenters. The van der Waals surface area contributed by atoms with E-state index in [1.165, 1.54) is 12.1 Å². The molecule has 1 aromatic heterocycles. The zero-order chi connectivity index (χ0) is 17.6. The summed E-state index contributed by atoms with van der Waals surface area (Å²) in [6, 6.07) is 15.8. The largest absolute Gasteiger partial charge is 0.348 e. The molecule has 128 valence electrons. The zero-order valence-corrected chi connectivity index (χ0v) is 13.6. The molecule has 0 radical (unpaired) electrons. The minimum atomic E-state index is -0.315. The van der Waals surface area contributed by atoms with E-state index < -0.39 is 0 Å². The summed E-state index contributed by atoms with van der Waals surface area (Å²) < 4.78 is 13.0. The van der Waals surface area contributed by atoms with Gasteiger partial charge in [-0.2, -0.15) is 15.0 Å². The van der Waals surface area contributed by atoms with Gasteiger partial charge in [0.15, 0.2) is 0 Å². The molecule has 7 nitrogen and oxygen atoms in total. The van der Waals surface area contributed by atoms with Crippen LogP contribution < -0.4 is 21.9 Å². The highest BCUT2D eigenvalue weighted by Gasteiger charge is 2.10. The summed E-state index contributed by atoms with van der Waals surface area (Å²) in [7, 11) is 0. The van der Waals surface area contributed by atoms with Gasteiger partial charge in [0.2, 0.25) is 17.8 Å². The molecule has 0 aliphatic heterocycles. The molecule has 0 fully saturated rings. The number of anilines is 4. The van der Waals surface area contributed by atoms with Crippen LogP contribution in [0.4, 0.5) is 27.9 Å². The maximum Gasteiger partial charge on any atom is 0.243 e. The second-order valence-corrected chi connectivity index (χ2v) is 5.36. The monoisotopic (exact) mass is 339 g/mol. The standard InChI is InChI=1S/C17H18FN7/c1-11(12-5-3-2-4-6-12)20-15-22-16(24-17(23-15)25-19)21-14-9-7-13(18)8-10-14/h2-11H,19H2,1H3,(H3,20,21,22,23,24,25)/t11-/m1/s1. The highest BCUT2D eigenvalue weighted by Crippen LogP contribution is 2.20. The predicted octanol–water partition coefficient (Wildman–Crippen LogP) is 3.21. The Kier molecular flexibility index (Phi) is 5.00. The van der Waals surface area contributed by atoms with Gasteiger partial charge in [-0.25, -0.2) is 10.2 Å².